The predicted octanol–water partition coefficient (Wildman–Crippen LogP) is 3.99. The van der Waals surface area contributed by atoms with Crippen molar-refractivity contribution in [3.63, 3.8) is 0 Å². The lowest BCUT2D eigenvalue weighted by atomic mass is 9.73. The normalized spacial score (nSPS) is 27.6. The molecule has 0 aliphatic heterocycles. The number of nitrogens with two attached hydrogens (primary N) is 1. The first-order valence-corrected chi connectivity index (χ1v) is 7.35. The minimum absolute atomic E-state index is 0.164. The largest absolute Gasteiger partial charge is 0.321 e. The molecule has 0 amide bonds. The summed E-state index contributed by atoms with van der Waals surface area (Å²) in [5, 5.41) is 1.20. The second-order valence-electron chi connectivity index (χ2n) is 5.92. The third-order valence-electron chi connectivity index (χ3n) is 4.74. The number of fused-ring (bicyclic) bond motifs is 1. The van der Waals surface area contributed by atoms with Gasteiger partial charge in [-0.15, -0.1) is 0 Å². The Labute approximate surface area is 115 Å². The second kappa shape index (κ2) is 4.93. The van der Waals surface area contributed by atoms with Gasteiger partial charge in [-0.2, -0.15) is 0 Å². The Morgan fingerprint density at radius 1 is 1.26 bits per heavy atom. The molecule has 0 unspecified atom stereocenters. The van der Waals surface area contributed by atoms with E-state index in [2.05, 4.69) is 36.2 Å². The fourth-order valence-corrected chi connectivity index (χ4v) is 3.23. The minimum atomic E-state index is -0.164. The molecule has 0 bridgehead atoms. The number of nitrogens with zero attached hydrogens (tertiary/aromatic N) is 1. The highest BCUT2D eigenvalue weighted by atomic mass is 14.8. The maximum absolute atomic E-state index is 6.65. The molecule has 3 rings (SSSR count). The summed E-state index contributed by atoms with van der Waals surface area (Å²) in [7, 11) is 0. The van der Waals surface area contributed by atoms with Crippen molar-refractivity contribution in [2.75, 3.05) is 0 Å². The highest BCUT2D eigenvalue weighted by Gasteiger charge is 2.32. The van der Waals surface area contributed by atoms with Crippen molar-refractivity contribution in [1.29, 1.82) is 0 Å². The molecule has 1 fully saturated rings. The van der Waals surface area contributed by atoms with Crippen LogP contribution in [-0.4, -0.2) is 4.98 Å². The Balaban J connectivity index is 1.91. The minimum Gasteiger partial charge on any atom is -0.321 e. The van der Waals surface area contributed by atoms with E-state index in [4.69, 9.17) is 5.73 Å². The molecule has 0 spiro atoms. The van der Waals surface area contributed by atoms with E-state index in [9.17, 15) is 0 Å². The molecule has 1 saturated carbocycles. The van der Waals surface area contributed by atoms with Crippen molar-refractivity contribution in [3.05, 3.63) is 42.1 Å². The lowest BCUT2D eigenvalue weighted by Crippen LogP contribution is -2.40. The summed E-state index contributed by atoms with van der Waals surface area (Å²) in [4.78, 5) is 4.56. The van der Waals surface area contributed by atoms with Crippen LogP contribution in [0.1, 0.15) is 44.6 Å². The summed E-state index contributed by atoms with van der Waals surface area (Å²) >= 11 is 0. The Hall–Kier alpha value is -1.41. The zero-order valence-electron chi connectivity index (χ0n) is 11.6. The van der Waals surface area contributed by atoms with Crippen LogP contribution in [0.25, 0.3) is 10.9 Å². The van der Waals surface area contributed by atoms with Gasteiger partial charge in [0.15, 0.2) is 0 Å². The van der Waals surface area contributed by atoms with Crippen LogP contribution < -0.4 is 5.73 Å². The van der Waals surface area contributed by atoms with E-state index in [1.165, 1.54) is 30.2 Å². The van der Waals surface area contributed by atoms with E-state index in [0.717, 1.165) is 24.3 Å². The number of para-hydroxylation sites is 1. The molecule has 0 radical (unpaired) electrons. The second-order valence-corrected chi connectivity index (χ2v) is 5.92. The molecule has 1 heterocycles. The highest BCUT2D eigenvalue weighted by molar-refractivity contribution is 5.79. The highest BCUT2D eigenvalue weighted by Crippen LogP contribution is 2.38. The van der Waals surface area contributed by atoms with Crippen LogP contribution in [0.2, 0.25) is 0 Å². The zero-order chi connectivity index (χ0) is 13.3. The van der Waals surface area contributed by atoms with Crippen molar-refractivity contribution >= 4 is 10.9 Å². The van der Waals surface area contributed by atoms with E-state index in [1.54, 1.807) is 0 Å². The molecule has 1 aromatic heterocycles. The standard InChI is InChI=1S/C17H22N2/c1-2-13-7-9-17(18,10-8-13)15-11-14-5-3-4-6-16(14)19-12-15/h3-6,11-13H,2,7-10,18H2,1H3. The zero-order valence-corrected chi connectivity index (χ0v) is 11.6. The molecule has 2 aromatic rings. The smallest absolute Gasteiger partial charge is 0.0702 e. The summed E-state index contributed by atoms with van der Waals surface area (Å²) in [5.41, 5.74) is 8.75. The van der Waals surface area contributed by atoms with Crippen molar-refractivity contribution < 1.29 is 0 Å². The Bertz CT molecular complexity index is 568. The SMILES string of the molecule is CCC1CCC(N)(c2cnc3ccccc3c2)CC1. The van der Waals surface area contributed by atoms with Crippen LogP contribution in [0, 0.1) is 5.92 Å². The summed E-state index contributed by atoms with van der Waals surface area (Å²) in [5.74, 6) is 0.866. The van der Waals surface area contributed by atoms with Crippen LogP contribution in [0.4, 0.5) is 0 Å². The summed E-state index contributed by atoms with van der Waals surface area (Å²) < 4.78 is 0. The number of aromatic nitrogens is 1. The van der Waals surface area contributed by atoms with Crippen LogP contribution in [-0.2, 0) is 5.54 Å². The first-order chi connectivity index (χ1) is 9.21. The van der Waals surface area contributed by atoms with Crippen LogP contribution in [0.5, 0.6) is 0 Å². The third kappa shape index (κ3) is 2.37. The molecule has 1 aromatic carbocycles. The fourth-order valence-electron chi connectivity index (χ4n) is 3.23. The van der Waals surface area contributed by atoms with Crippen molar-refractivity contribution in [1.82, 2.24) is 4.98 Å². The van der Waals surface area contributed by atoms with Gasteiger partial charge in [0.2, 0.25) is 0 Å². The Morgan fingerprint density at radius 3 is 2.74 bits per heavy atom. The number of rotatable bonds is 2. The molecule has 1 aliphatic rings. The van der Waals surface area contributed by atoms with Crippen LogP contribution >= 0.6 is 0 Å². The Morgan fingerprint density at radius 2 is 2.00 bits per heavy atom. The summed E-state index contributed by atoms with van der Waals surface area (Å²) in [6.45, 7) is 2.28. The molecule has 2 N–H and O–H groups in total. The molecule has 0 atom stereocenters. The number of benzene rings is 1. The van der Waals surface area contributed by atoms with E-state index >= 15 is 0 Å². The van der Waals surface area contributed by atoms with Gasteiger partial charge in [0, 0.05) is 17.1 Å². The predicted molar refractivity (Wildman–Crippen MR) is 79.9 cm³/mol. The first-order valence-electron chi connectivity index (χ1n) is 7.35. The van der Waals surface area contributed by atoms with Gasteiger partial charge in [-0.3, -0.25) is 4.98 Å². The monoisotopic (exact) mass is 254 g/mol. The summed E-state index contributed by atoms with van der Waals surface area (Å²) in [6.07, 6.45) is 7.94. The molecule has 2 nitrogen and oxygen atoms in total. The van der Waals surface area contributed by atoms with Crippen molar-refractivity contribution in [2.24, 2.45) is 11.7 Å². The van der Waals surface area contributed by atoms with Crippen molar-refractivity contribution in [3.8, 4) is 0 Å². The molecular weight excluding hydrogens is 232 g/mol. The molecule has 2 heteroatoms. The van der Waals surface area contributed by atoms with E-state index in [0.29, 0.717) is 0 Å². The fraction of sp³-hybridized carbons (Fsp3) is 0.471. The van der Waals surface area contributed by atoms with Gasteiger partial charge in [-0.25, -0.2) is 0 Å². The van der Waals surface area contributed by atoms with Gasteiger partial charge in [0.25, 0.3) is 0 Å². The van der Waals surface area contributed by atoms with E-state index in [-0.39, 0.29) is 5.54 Å². The van der Waals surface area contributed by atoms with Gasteiger partial charge in [-0.05, 0) is 49.3 Å². The maximum Gasteiger partial charge on any atom is 0.0702 e. The lowest BCUT2D eigenvalue weighted by molar-refractivity contribution is 0.231. The first kappa shape index (κ1) is 12.6. The quantitative estimate of drug-likeness (QED) is 0.880. The average molecular weight is 254 g/mol. The van der Waals surface area contributed by atoms with Gasteiger partial charge in [0.1, 0.15) is 0 Å². The molecule has 19 heavy (non-hydrogen) atoms. The molecule has 0 saturated heterocycles. The van der Waals surface area contributed by atoms with E-state index < -0.39 is 0 Å². The van der Waals surface area contributed by atoms with Crippen LogP contribution in [0.3, 0.4) is 0 Å². The number of hydrogen-bond acceptors (Lipinski definition) is 2. The Kier molecular flexibility index (Phi) is 3.28. The number of hydrogen-bond donors (Lipinski definition) is 1. The van der Waals surface area contributed by atoms with E-state index in [1.807, 2.05) is 12.3 Å². The number of pyridine rings is 1. The third-order valence-corrected chi connectivity index (χ3v) is 4.74. The van der Waals surface area contributed by atoms with Crippen LogP contribution in [0.15, 0.2) is 36.5 Å². The maximum atomic E-state index is 6.65. The topological polar surface area (TPSA) is 38.9 Å². The van der Waals surface area contributed by atoms with Gasteiger partial charge in [0.05, 0.1) is 5.52 Å². The molecule has 1 aliphatic carbocycles. The van der Waals surface area contributed by atoms with Gasteiger partial charge < -0.3 is 5.73 Å². The average Bonchev–Trinajstić information content (AvgIpc) is 2.47. The molecular formula is C17H22N2. The van der Waals surface area contributed by atoms with Gasteiger partial charge >= 0.3 is 0 Å². The molecule has 100 valence electrons. The summed E-state index contributed by atoms with van der Waals surface area (Å²) in [6, 6.07) is 10.5. The van der Waals surface area contributed by atoms with Gasteiger partial charge in [-0.1, -0.05) is 31.5 Å². The lowest BCUT2D eigenvalue weighted by Gasteiger charge is -2.37. The van der Waals surface area contributed by atoms with Crippen molar-refractivity contribution in [2.45, 2.75) is 44.6 Å².